The second kappa shape index (κ2) is 6.29. The zero-order chi connectivity index (χ0) is 12.0. The first kappa shape index (κ1) is 12.7. The van der Waals surface area contributed by atoms with Gasteiger partial charge in [-0.05, 0) is 26.0 Å². The van der Waals surface area contributed by atoms with E-state index in [-0.39, 0.29) is 0 Å². The fourth-order valence-corrected chi connectivity index (χ4v) is 1.50. The molecule has 0 aliphatic heterocycles. The summed E-state index contributed by atoms with van der Waals surface area (Å²) in [5.41, 5.74) is 1.04. The Morgan fingerprint density at radius 2 is 2.31 bits per heavy atom. The maximum absolute atomic E-state index is 8.66. The Morgan fingerprint density at radius 1 is 1.56 bits per heavy atom. The predicted octanol–water partition coefficient (Wildman–Crippen LogP) is 2.20. The van der Waals surface area contributed by atoms with Crippen molar-refractivity contribution in [1.82, 2.24) is 14.7 Å². The highest BCUT2D eigenvalue weighted by atomic mass is 15.3. The van der Waals surface area contributed by atoms with Crippen molar-refractivity contribution in [2.45, 2.75) is 39.8 Å². The van der Waals surface area contributed by atoms with E-state index in [0.717, 1.165) is 25.2 Å². The topological polar surface area (TPSA) is 44.9 Å². The second-order valence-corrected chi connectivity index (χ2v) is 4.01. The summed E-state index contributed by atoms with van der Waals surface area (Å²) in [6.07, 6.45) is 3.10. The van der Waals surface area contributed by atoms with Gasteiger partial charge in [0, 0.05) is 18.8 Å². The van der Waals surface area contributed by atoms with Crippen LogP contribution in [-0.2, 0) is 6.54 Å². The normalized spacial score (nSPS) is 12.7. The van der Waals surface area contributed by atoms with Crippen molar-refractivity contribution in [3.8, 4) is 6.07 Å². The lowest BCUT2D eigenvalue weighted by atomic mass is 10.3. The highest BCUT2D eigenvalue weighted by Crippen LogP contribution is 2.10. The van der Waals surface area contributed by atoms with Crippen LogP contribution in [0.4, 0.5) is 0 Å². The highest BCUT2D eigenvalue weighted by molar-refractivity contribution is 5.00. The molecule has 0 amide bonds. The van der Waals surface area contributed by atoms with E-state index in [1.54, 1.807) is 0 Å². The molecule has 4 nitrogen and oxygen atoms in total. The van der Waals surface area contributed by atoms with Gasteiger partial charge in [0.25, 0.3) is 0 Å². The van der Waals surface area contributed by atoms with Gasteiger partial charge in [0.15, 0.2) is 0 Å². The Kier molecular flexibility index (Phi) is 5.00. The predicted molar refractivity (Wildman–Crippen MR) is 63.8 cm³/mol. The van der Waals surface area contributed by atoms with Crippen LogP contribution in [0.2, 0.25) is 0 Å². The van der Waals surface area contributed by atoms with E-state index in [0.29, 0.717) is 12.6 Å². The maximum Gasteiger partial charge on any atom is 0.0869 e. The number of rotatable bonds is 6. The van der Waals surface area contributed by atoms with Gasteiger partial charge in [-0.15, -0.1) is 0 Å². The Labute approximate surface area is 97.5 Å². The standard InChI is InChI=1S/C12H20N4/c1-4-11(3)16-8-6-12(14-16)10-15(5-2)9-7-13/h6,8,11H,4-5,9-10H2,1-3H3. The molecule has 0 aliphatic rings. The minimum absolute atomic E-state index is 0.444. The van der Waals surface area contributed by atoms with Crippen molar-refractivity contribution in [3.63, 3.8) is 0 Å². The van der Waals surface area contributed by atoms with Crippen molar-refractivity contribution in [1.29, 1.82) is 5.26 Å². The molecule has 0 N–H and O–H groups in total. The summed E-state index contributed by atoms with van der Waals surface area (Å²) in [6.45, 7) is 8.47. The van der Waals surface area contributed by atoms with E-state index in [9.17, 15) is 0 Å². The Balaban J connectivity index is 2.61. The van der Waals surface area contributed by atoms with Gasteiger partial charge >= 0.3 is 0 Å². The summed E-state index contributed by atoms with van der Waals surface area (Å²) in [5.74, 6) is 0. The fraction of sp³-hybridized carbons (Fsp3) is 0.667. The van der Waals surface area contributed by atoms with Gasteiger partial charge in [-0.25, -0.2) is 0 Å². The van der Waals surface area contributed by atoms with Crippen molar-refractivity contribution >= 4 is 0 Å². The second-order valence-electron chi connectivity index (χ2n) is 4.01. The van der Waals surface area contributed by atoms with Crippen LogP contribution in [0.3, 0.4) is 0 Å². The number of nitrogens with zero attached hydrogens (tertiary/aromatic N) is 4. The minimum Gasteiger partial charge on any atom is -0.285 e. The third-order valence-electron chi connectivity index (χ3n) is 2.83. The SMILES string of the molecule is CCC(C)n1ccc(CN(CC)CC#N)n1. The van der Waals surface area contributed by atoms with Crippen LogP contribution >= 0.6 is 0 Å². The lowest BCUT2D eigenvalue weighted by Crippen LogP contribution is -2.23. The van der Waals surface area contributed by atoms with Crippen LogP contribution in [0.1, 0.15) is 38.9 Å². The third-order valence-corrected chi connectivity index (χ3v) is 2.83. The van der Waals surface area contributed by atoms with E-state index in [4.69, 9.17) is 5.26 Å². The lowest BCUT2D eigenvalue weighted by molar-refractivity contribution is 0.308. The molecule has 0 saturated carbocycles. The van der Waals surface area contributed by atoms with Crippen molar-refractivity contribution in [3.05, 3.63) is 18.0 Å². The van der Waals surface area contributed by atoms with Crippen LogP contribution in [-0.4, -0.2) is 27.8 Å². The number of hydrogen-bond donors (Lipinski definition) is 0. The van der Waals surface area contributed by atoms with Crippen LogP contribution in [0.25, 0.3) is 0 Å². The van der Waals surface area contributed by atoms with E-state index in [2.05, 4.69) is 36.8 Å². The minimum atomic E-state index is 0.444. The average molecular weight is 220 g/mol. The zero-order valence-electron chi connectivity index (χ0n) is 10.3. The molecule has 4 heteroatoms. The third kappa shape index (κ3) is 3.35. The molecule has 1 atom stereocenters. The Bertz CT molecular complexity index is 350. The molecule has 0 spiro atoms. The largest absolute Gasteiger partial charge is 0.285 e. The number of aromatic nitrogens is 2. The first-order valence-corrected chi connectivity index (χ1v) is 5.84. The summed E-state index contributed by atoms with van der Waals surface area (Å²) in [4.78, 5) is 2.07. The van der Waals surface area contributed by atoms with Gasteiger partial charge in [-0.2, -0.15) is 10.4 Å². The van der Waals surface area contributed by atoms with Gasteiger partial charge in [0.05, 0.1) is 18.3 Å². The zero-order valence-corrected chi connectivity index (χ0v) is 10.3. The first-order chi connectivity index (χ1) is 7.71. The highest BCUT2D eigenvalue weighted by Gasteiger charge is 2.07. The molecule has 1 aromatic rings. The van der Waals surface area contributed by atoms with E-state index in [1.165, 1.54) is 0 Å². The molecule has 0 aromatic carbocycles. The van der Waals surface area contributed by atoms with Gasteiger partial charge < -0.3 is 0 Å². The van der Waals surface area contributed by atoms with Crippen LogP contribution < -0.4 is 0 Å². The van der Waals surface area contributed by atoms with Gasteiger partial charge in [-0.3, -0.25) is 9.58 Å². The fourth-order valence-electron chi connectivity index (χ4n) is 1.50. The molecule has 1 unspecified atom stereocenters. The molecule has 1 rings (SSSR count). The van der Waals surface area contributed by atoms with Crippen molar-refractivity contribution < 1.29 is 0 Å². The van der Waals surface area contributed by atoms with Crippen molar-refractivity contribution in [2.24, 2.45) is 0 Å². The monoisotopic (exact) mass is 220 g/mol. The Morgan fingerprint density at radius 3 is 2.88 bits per heavy atom. The van der Waals surface area contributed by atoms with E-state index in [1.807, 2.05) is 16.9 Å². The molecule has 0 fully saturated rings. The average Bonchev–Trinajstić information content (AvgIpc) is 2.76. The summed E-state index contributed by atoms with van der Waals surface area (Å²) < 4.78 is 2.00. The van der Waals surface area contributed by atoms with Crippen LogP contribution in [0, 0.1) is 11.3 Å². The summed E-state index contributed by atoms with van der Waals surface area (Å²) in [7, 11) is 0. The molecular formula is C12H20N4. The number of nitriles is 1. The molecule has 88 valence electrons. The molecule has 16 heavy (non-hydrogen) atoms. The van der Waals surface area contributed by atoms with E-state index < -0.39 is 0 Å². The smallest absolute Gasteiger partial charge is 0.0869 e. The first-order valence-electron chi connectivity index (χ1n) is 5.84. The van der Waals surface area contributed by atoms with Crippen LogP contribution in [0.15, 0.2) is 12.3 Å². The summed E-state index contributed by atoms with van der Waals surface area (Å²) in [5, 5.41) is 13.2. The lowest BCUT2D eigenvalue weighted by Gasteiger charge is -2.14. The molecule has 1 aromatic heterocycles. The molecule has 0 radical (unpaired) electrons. The van der Waals surface area contributed by atoms with Gasteiger partial charge in [0.1, 0.15) is 0 Å². The molecule has 1 heterocycles. The maximum atomic E-state index is 8.66. The quantitative estimate of drug-likeness (QED) is 0.690. The molecule has 0 aliphatic carbocycles. The molecule has 0 bridgehead atoms. The Hall–Kier alpha value is -1.34. The molecule has 0 saturated heterocycles. The van der Waals surface area contributed by atoms with Gasteiger partial charge in [-0.1, -0.05) is 13.8 Å². The summed E-state index contributed by atoms with van der Waals surface area (Å²) in [6, 6.07) is 4.65. The van der Waals surface area contributed by atoms with E-state index >= 15 is 0 Å². The van der Waals surface area contributed by atoms with Crippen LogP contribution in [0.5, 0.6) is 0 Å². The van der Waals surface area contributed by atoms with Gasteiger partial charge in [0.2, 0.25) is 0 Å². The van der Waals surface area contributed by atoms with Crippen molar-refractivity contribution in [2.75, 3.05) is 13.1 Å². The molecular weight excluding hydrogens is 200 g/mol. The number of hydrogen-bond acceptors (Lipinski definition) is 3. The summed E-state index contributed by atoms with van der Waals surface area (Å²) >= 11 is 0.